The molecule has 182 valence electrons. The van der Waals surface area contributed by atoms with E-state index in [-0.39, 0.29) is 12.2 Å². The summed E-state index contributed by atoms with van der Waals surface area (Å²) in [6.45, 7) is 1.97. The Morgan fingerprint density at radius 2 is 1.92 bits per heavy atom. The molecule has 1 amide bonds. The highest BCUT2D eigenvalue weighted by Gasteiger charge is 2.53. The van der Waals surface area contributed by atoms with Gasteiger partial charge >= 0.3 is 0 Å². The van der Waals surface area contributed by atoms with Crippen molar-refractivity contribution < 1.29 is 14.3 Å². The third kappa shape index (κ3) is 4.32. The van der Waals surface area contributed by atoms with Crippen LogP contribution in [0.1, 0.15) is 34.7 Å². The molecule has 0 saturated carbocycles. The summed E-state index contributed by atoms with van der Waals surface area (Å²) in [5.41, 5.74) is 1.53. The van der Waals surface area contributed by atoms with Crippen molar-refractivity contribution in [3.8, 4) is 11.6 Å². The van der Waals surface area contributed by atoms with Crippen LogP contribution in [0, 0.1) is 6.92 Å². The van der Waals surface area contributed by atoms with Crippen LogP contribution >= 0.6 is 48.4 Å². The van der Waals surface area contributed by atoms with Gasteiger partial charge in [0.2, 0.25) is 11.8 Å². The molecule has 1 aliphatic heterocycles. The highest BCUT2D eigenvalue weighted by molar-refractivity contribution is 7.80. The van der Waals surface area contributed by atoms with Crippen molar-refractivity contribution in [3.05, 3.63) is 105 Å². The fraction of sp³-hybridized carbons (Fsp3) is 0.148. The molecule has 1 fully saturated rings. The number of nitrogens with zero attached hydrogens (tertiary/aromatic N) is 2. The Morgan fingerprint density at radius 1 is 1.11 bits per heavy atom. The highest BCUT2D eigenvalue weighted by atomic mass is 35.5. The van der Waals surface area contributed by atoms with E-state index in [2.05, 4.69) is 25.4 Å². The van der Waals surface area contributed by atoms with Crippen molar-refractivity contribution in [1.82, 2.24) is 9.29 Å². The smallest absolute Gasteiger partial charge is 0.248 e. The van der Waals surface area contributed by atoms with Gasteiger partial charge in [0.05, 0.1) is 5.69 Å². The largest absolute Gasteiger partial charge is 0.438 e. The van der Waals surface area contributed by atoms with Gasteiger partial charge in [-0.05, 0) is 64.7 Å². The topological polar surface area (TPSA) is 59.5 Å². The molecule has 36 heavy (non-hydrogen) atoms. The van der Waals surface area contributed by atoms with Crippen LogP contribution < -0.4 is 4.74 Å². The van der Waals surface area contributed by atoms with E-state index in [1.165, 1.54) is 15.6 Å². The summed E-state index contributed by atoms with van der Waals surface area (Å²) < 4.78 is 7.36. The number of halogens is 1. The fourth-order valence-corrected chi connectivity index (χ4v) is 6.19. The monoisotopic (exact) mass is 552 g/mol. The van der Waals surface area contributed by atoms with Gasteiger partial charge in [-0.3, -0.25) is 13.9 Å². The van der Waals surface area contributed by atoms with Gasteiger partial charge in [0.25, 0.3) is 0 Å². The number of carbonyl (C=O) groups excluding carboxylic acids is 2. The van der Waals surface area contributed by atoms with Gasteiger partial charge in [-0.25, -0.2) is 4.98 Å². The summed E-state index contributed by atoms with van der Waals surface area (Å²) in [7, 11) is 0. The van der Waals surface area contributed by atoms with E-state index in [0.29, 0.717) is 32.8 Å². The molecule has 0 radical (unpaired) electrons. The summed E-state index contributed by atoms with van der Waals surface area (Å²) in [5, 5.41) is 4.16. The summed E-state index contributed by atoms with van der Waals surface area (Å²) in [4.78, 5) is 32.8. The Hall–Kier alpha value is -2.78. The molecule has 0 bridgehead atoms. The third-order valence-corrected chi connectivity index (χ3v) is 8.18. The first kappa shape index (κ1) is 24.9. The second kappa shape index (κ2) is 9.94. The van der Waals surface area contributed by atoms with Crippen LogP contribution in [0.5, 0.6) is 11.6 Å². The first-order chi connectivity index (χ1) is 17.3. The van der Waals surface area contributed by atoms with Crippen molar-refractivity contribution >= 4 is 60.1 Å². The lowest BCUT2D eigenvalue weighted by atomic mass is 9.75. The molecule has 1 unspecified atom stereocenters. The zero-order chi connectivity index (χ0) is 25.4. The number of aromatic nitrogens is 1. The average Bonchev–Trinajstić information content (AvgIpc) is 3.40. The summed E-state index contributed by atoms with van der Waals surface area (Å²) in [6, 6.07) is 19.7. The van der Waals surface area contributed by atoms with Gasteiger partial charge in [0.1, 0.15) is 17.2 Å². The Morgan fingerprint density at radius 3 is 2.64 bits per heavy atom. The number of rotatable bonds is 5. The molecule has 3 heterocycles. The van der Waals surface area contributed by atoms with Gasteiger partial charge in [-0.1, -0.05) is 54.7 Å². The predicted molar refractivity (Wildman–Crippen MR) is 147 cm³/mol. The molecule has 9 heteroatoms. The van der Waals surface area contributed by atoms with Crippen molar-refractivity contribution in [1.29, 1.82) is 0 Å². The number of thiol groups is 2. The zero-order valence-electron chi connectivity index (χ0n) is 19.1. The van der Waals surface area contributed by atoms with Gasteiger partial charge in [-0.15, -0.1) is 12.6 Å². The quantitative estimate of drug-likeness (QED) is 0.210. The van der Waals surface area contributed by atoms with Crippen molar-refractivity contribution in [3.63, 3.8) is 0 Å². The summed E-state index contributed by atoms with van der Waals surface area (Å²) in [5.74, 6) is -0.889. The number of carbonyl (C=O) groups is 2. The number of hydrogen-bond acceptors (Lipinski definition) is 7. The van der Waals surface area contributed by atoms with Gasteiger partial charge in [0.15, 0.2) is 5.78 Å². The first-order valence-electron chi connectivity index (χ1n) is 11.1. The van der Waals surface area contributed by atoms with Crippen LogP contribution in [0.3, 0.4) is 0 Å². The molecule has 1 saturated heterocycles. The van der Waals surface area contributed by atoms with Gasteiger partial charge in [0, 0.05) is 22.4 Å². The minimum atomic E-state index is -1.22. The molecule has 5 nitrogen and oxygen atoms in total. The Labute approximate surface area is 229 Å². The van der Waals surface area contributed by atoms with Crippen LogP contribution in [0.4, 0.5) is 0 Å². The van der Waals surface area contributed by atoms with Crippen LogP contribution in [0.25, 0.3) is 0 Å². The normalized spacial score (nSPS) is 20.0. The third-order valence-electron chi connectivity index (χ3n) is 6.26. The van der Waals surface area contributed by atoms with Crippen LogP contribution in [-0.4, -0.2) is 21.0 Å². The van der Waals surface area contributed by atoms with Crippen LogP contribution in [0.2, 0.25) is 5.02 Å². The number of amides is 1. The molecule has 2 atom stereocenters. The number of piperidine rings is 1. The van der Waals surface area contributed by atoms with E-state index in [9.17, 15) is 9.59 Å². The van der Waals surface area contributed by atoms with Crippen molar-refractivity contribution in [2.75, 3.05) is 0 Å². The number of ketones is 1. The number of hydrogen-bond donors (Lipinski definition) is 2. The fourth-order valence-electron chi connectivity index (χ4n) is 4.49. The Balaban J connectivity index is 1.59. The van der Waals surface area contributed by atoms with E-state index in [1.54, 1.807) is 42.5 Å². The second-order valence-corrected chi connectivity index (χ2v) is 10.6. The number of Topliss-reactive ketones (excluding diaryl/α,β-unsaturated/α-hetero) is 1. The maximum Gasteiger partial charge on any atom is 0.248 e. The van der Waals surface area contributed by atoms with E-state index in [4.69, 9.17) is 21.3 Å². The molecule has 0 aliphatic carbocycles. The van der Waals surface area contributed by atoms with Crippen molar-refractivity contribution in [2.45, 2.75) is 29.7 Å². The minimum Gasteiger partial charge on any atom is -0.438 e. The number of benzene rings is 2. The van der Waals surface area contributed by atoms with Crippen LogP contribution in [0.15, 0.2) is 82.4 Å². The maximum atomic E-state index is 13.7. The maximum absolute atomic E-state index is 13.7. The van der Waals surface area contributed by atoms with Crippen molar-refractivity contribution in [2.24, 2.45) is 0 Å². The summed E-state index contributed by atoms with van der Waals surface area (Å²) >= 11 is 17.0. The van der Waals surface area contributed by atoms with E-state index >= 15 is 0 Å². The lowest BCUT2D eigenvalue weighted by Gasteiger charge is -2.45. The number of thiophene rings is 1. The zero-order valence-corrected chi connectivity index (χ0v) is 22.5. The minimum absolute atomic E-state index is 0.0202. The molecule has 4 aromatic rings. The number of ether oxygens (including phenoxy) is 1. The molecule has 2 aromatic heterocycles. The molecule has 0 N–H and O–H groups in total. The predicted octanol–water partition coefficient (Wildman–Crippen LogP) is 6.86. The number of aryl methyl sites for hydroxylation is 1. The molecular formula is C27H21ClN2O3S3. The molecular weight excluding hydrogens is 532 g/mol. The van der Waals surface area contributed by atoms with E-state index in [1.807, 2.05) is 41.9 Å². The van der Waals surface area contributed by atoms with Gasteiger partial charge in [-0.2, -0.15) is 11.3 Å². The Kier molecular flexibility index (Phi) is 6.87. The van der Waals surface area contributed by atoms with E-state index < -0.39 is 17.4 Å². The summed E-state index contributed by atoms with van der Waals surface area (Å²) in [6.07, 6.45) is -0.0202. The SMILES string of the molecule is Cc1ccc(Oc2cccc([C@@]3(c4ccsc4)CC(=O)C(c4ccccc4Cl)C(=O)N3S)n2)c(S)c1. The number of pyridine rings is 1. The Bertz CT molecular complexity index is 1460. The van der Waals surface area contributed by atoms with E-state index in [0.717, 1.165) is 11.1 Å². The van der Waals surface area contributed by atoms with Gasteiger partial charge < -0.3 is 4.74 Å². The molecule has 0 spiro atoms. The average molecular weight is 553 g/mol. The molecule has 5 rings (SSSR count). The molecule has 2 aromatic carbocycles. The lowest BCUT2D eigenvalue weighted by Crippen LogP contribution is -2.54. The first-order valence-corrected chi connectivity index (χ1v) is 13.3. The standard InChI is InChI=1S/C27H21ClN2O3S3/c1-16-9-10-21(22(34)13-16)33-24-8-4-7-23(29-24)27(17-11-12-36-15-17)14-20(31)25(26(32)30(27)35)18-5-2-3-6-19(18)28/h2-13,15,25,34-35H,14H2,1H3/t25?,27-/m0/s1. The molecule has 1 aliphatic rings. The van der Waals surface area contributed by atoms with Crippen LogP contribution in [-0.2, 0) is 15.1 Å². The highest BCUT2D eigenvalue weighted by Crippen LogP contribution is 2.48. The second-order valence-electron chi connectivity index (χ2n) is 8.55. The lowest BCUT2D eigenvalue weighted by molar-refractivity contribution is -0.142.